The molecule has 3 rings (SSSR count). The van der Waals surface area contributed by atoms with E-state index in [0.29, 0.717) is 5.92 Å². The zero-order chi connectivity index (χ0) is 12.4. The molecule has 1 N–H and O–H groups in total. The second-order valence-electron chi connectivity index (χ2n) is 4.94. The summed E-state index contributed by atoms with van der Waals surface area (Å²) < 4.78 is 2.25. The zero-order valence-electron chi connectivity index (χ0n) is 10.6. The van der Waals surface area contributed by atoms with Gasteiger partial charge in [-0.2, -0.15) is 0 Å². The highest BCUT2D eigenvalue weighted by atomic mass is 15.1. The Hall–Kier alpha value is -1.68. The first-order chi connectivity index (χ1) is 8.84. The van der Waals surface area contributed by atoms with Gasteiger partial charge in [0.25, 0.3) is 0 Å². The van der Waals surface area contributed by atoms with Gasteiger partial charge in [-0.3, -0.25) is 4.98 Å². The van der Waals surface area contributed by atoms with Crippen LogP contribution in [0.3, 0.4) is 0 Å². The molecule has 94 valence electrons. The molecule has 4 nitrogen and oxygen atoms in total. The minimum Gasteiger partial charge on any atom is -0.330 e. The first-order valence-electron chi connectivity index (χ1n) is 6.45. The Labute approximate surface area is 107 Å². The Bertz CT molecular complexity index is 526. The third kappa shape index (κ3) is 2.16. The molecule has 4 heteroatoms. The van der Waals surface area contributed by atoms with Gasteiger partial charge < -0.3 is 9.88 Å². The second kappa shape index (κ2) is 4.90. The van der Waals surface area contributed by atoms with E-state index in [2.05, 4.69) is 32.8 Å². The van der Waals surface area contributed by atoms with E-state index >= 15 is 0 Å². The van der Waals surface area contributed by atoms with E-state index in [9.17, 15) is 0 Å². The molecule has 0 spiro atoms. The number of nitrogens with zero attached hydrogens (tertiary/aromatic N) is 3. The van der Waals surface area contributed by atoms with Crippen molar-refractivity contribution >= 4 is 0 Å². The summed E-state index contributed by atoms with van der Waals surface area (Å²) in [5.74, 6) is 0.601. The first kappa shape index (κ1) is 11.4. The third-order valence-corrected chi connectivity index (χ3v) is 3.71. The van der Waals surface area contributed by atoms with Crippen molar-refractivity contribution in [2.24, 2.45) is 0 Å². The highest BCUT2D eigenvalue weighted by Crippen LogP contribution is 2.22. The summed E-state index contributed by atoms with van der Waals surface area (Å²) in [6.45, 7) is 5.18. The maximum atomic E-state index is 4.31. The molecule has 0 aromatic carbocycles. The maximum absolute atomic E-state index is 4.31. The van der Waals surface area contributed by atoms with Crippen LogP contribution >= 0.6 is 0 Å². The molecule has 18 heavy (non-hydrogen) atoms. The van der Waals surface area contributed by atoms with E-state index in [1.165, 1.54) is 23.2 Å². The molecule has 1 saturated heterocycles. The molecule has 0 bridgehead atoms. The fourth-order valence-electron chi connectivity index (χ4n) is 2.56. The molecule has 1 atom stereocenters. The molecule has 0 aliphatic carbocycles. The van der Waals surface area contributed by atoms with Crippen molar-refractivity contribution in [1.29, 1.82) is 0 Å². The smallest absolute Gasteiger partial charge is 0.0951 e. The topological polar surface area (TPSA) is 42.7 Å². The van der Waals surface area contributed by atoms with Crippen molar-refractivity contribution in [2.45, 2.75) is 25.8 Å². The Morgan fingerprint density at radius 1 is 1.39 bits per heavy atom. The number of nitrogens with one attached hydrogen (secondary N) is 1. The van der Waals surface area contributed by atoms with Crippen molar-refractivity contribution in [3.05, 3.63) is 47.8 Å². The summed E-state index contributed by atoms with van der Waals surface area (Å²) in [5.41, 5.74) is 3.89. The van der Waals surface area contributed by atoms with Crippen LogP contribution in [0, 0.1) is 6.92 Å². The van der Waals surface area contributed by atoms with Crippen molar-refractivity contribution in [3.8, 4) is 0 Å². The van der Waals surface area contributed by atoms with Gasteiger partial charge in [0.1, 0.15) is 0 Å². The summed E-state index contributed by atoms with van der Waals surface area (Å²) in [6.07, 6.45) is 8.93. The minimum atomic E-state index is 0.601. The highest BCUT2D eigenvalue weighted by Gasteiger charge is 2.20. The number of aromatic nitrogens is 3. The van der Waals surface area contributed by atoms with Crippen LogP contribution in [0.4, 0.5) is 0 Å². The minimum absolute atomic E-state index is 0.601. The van der Waals surface area contributed by atoms with E-state index in [1.54, 1.807) is 0 Å². The van der Waals surface area contributed by atoms with E-state index in [1.807, 2.05) is 24.9 Å². The largest absolute Gasteiger partial charge is 0.330 e. The standard InChI is InChI=1S/C14H18N4/c1-11-2-4-15-7-13(11)9-18-10-17-8-14(18)12-3-5-16-6-12/h2,4,7-8,10,12,16H,3,5-6,9H2,1H3. The first-order valence-corrected chi connectivity index (χ1v) is 6.45. The lowest BCUT2D eigenvalue weighted by Gasteiger charge is -2.13. The molecule has 2 aromatic rings. The van der Waals surface area contributed by atoms with Gasteiger partial charge in [0.15, 0.2) is 0 Å². The van der Waals surface area contributed by atoms with Gasteiger partial charge in [-0.05, 0) is 37.1 Å². The van der Waals surface area contributed by atoms with Crippen molar-refractivity contribution in [2.75, 3.05) is 13.1 Å². The number of aryl methyl sites for hydroxylation is 1. The normalized spacial score (nSPS) is 19.3. The second-order valence-corrected chi connectivity index (χ2v) is 4.94. The predicted molar refractivity (Wildman–Crippen MR) is 70.5 cm³/mol. The van der Waals surface area contributed by atoms with Crippen molar-refractivity contribution < 1.29 is 0 Å². The molecule has 1 aliphatic heterocycles. The lowest BCUT2D eigenvalue weighted by molar-refractivity contribution is 0.652. The molecule has 1 fully saturated rings. The van der Waals surface area contributed by atoms with Crippen LogP contribution in [0.2, 0.25) is 0 Å². The Balaban J connectivity index is 1.85. The van der Waals surface area contributed by atoms with Crippen molar-refractivity contribution in [3.63, 3.8) is 0 Å². The number of rotatable bonds is 3. The zero-order valence-corrected chi connectivity index (χ0v) is 10.6. The number of imidazole rings is 1. The van der Waals surface area contributed by atoms with Crippen LogP contribution in [0.15, 0.2) is 31.0 Å². The van der Waals surface area contributed by atoms with Crippen LogP contribution in [-0.4, -0.2) is 27.6 Å². The third-order valence-electron chi connectivity index (χ3n) is 3.71. The van der Waals surface area contributed by atoms with Gasteiger partial charge in [0.2, 0.25) is 0 Å². The Morgan fingerprint density at radius 3 is 3.11 bits per heavy atom. The highest BCUT2D eigenvalue weighted by molar-refractivity contribution is 5.23. The average molecular weight is 242 g/mol. The summed E-state index contributed by atoms with van der Waals surface area (Å²) >= 11 is 0. The Morgan fingerprint density at radius 2 is 2.33 bits per heavy atom. The van der Waals surface area contributed by atoms with Gasteiger partial charge in [0.05, 0.1) is 12.9 Å². The summed E-state index contributed by atoms with van der Waals surface area (Å²) in [6, 6.07) is 2.06. The van der Waals surface area contributed by atoms with E-state index < -0.39 is 0 Å². The number of pyridine rings is 1. The molecule has 1 aliphatic rings. The van der Waals surface area contributed by atoms with Gasteiger partial charge in [-0.15, -0.1) is 0 Å². The lowest BCUT2D eigenvalue weighted by atomic mass is 10.1. The quantitative estimate of drug-likeness (QED) is 0.891. The van der Waals surface area contributed by atoms with Crippen LogP contribution in [0.5, 0.6) is 0 Å². The lowest BCUT2D eigenvalue weighted by Crippen LogP contribution is -2.12. The Kier molecular flexibility index (Phi) is 3.11. The van der Waals surface area contributed by atoms with Crippen LogP contribution < -0.4 is 5.32 Å². The summed E-state index contributed by atoms with van der Waals surface area (Å²) in [4.78, 5) is 8.51. The maximum Gasteiger partial charge on any atom is 0.0951 e. The monoisotopic (exact) mass is 242 g/mol. The van der Waals surface area contributed by atoms with Crippen LogP contribution in [0.25, 0.3) is 0 Å². The average Bonchev–Trinajstić information content (AvgIpc) is 3.02. The molecular formula is C14H18N4. The molecule has 0 radical (unpaired) electrons. The number of hydrogen-bond donors (Lipinski definition) is 1. The summed E-state index contributed by atoms with van der Waals surface area (Å²) in [5, 5.41) is 3.41. The molecule has 0 amide bonds. The SMILES string of the molecule is Cc1ccncc1Cn1cncc1C1CCNC1. The molecular weight excluding hydrogens is 224 g/mol. The molecule has 3 heterocycles. The summed E-state index contributed by atoms with van der Waals surface area (Å²) in [7, 11) is 0. The van der Waals surface area contributed by atoms with Gasteiger partial charge >= 0.3 is 0 Å². The van der Waals surface area contributed by atoms with Gasteiger partial charge in [0, 0.05) is 36.7 Å². The van der Waals surface area contributed by atoms with Crippen molar-refractivity contribution in [1.82, 2.24) is 19.9 Å². The molecule has 1 unspecified atom stereocenters. The molecule has 0 saturated carbocycles. The van der Waals surface area contributed by atoms with Gasteiger partial charge in [-0.1, -0.05) is 0 Å². The number of hydrogen-bond acceptors (Lipinski definition) is 3. The van der Waals surface area contributed by atoms with E-state index in [4.69, 9.17) is 0 Å². The van der Waals surface area contributed by atoms with Crippen LogP contribution in [-0.2, 0) is 6.54 Å². The van der Waals surface area contributed by atoms with Crippen LogP contribution in [0.1, 0.15) is 29.2 Å². The van der Waals surface area contributed by atoms with E-state index in [-0.39, 0.29) is 0 Å². The van der Waals surface area contributed by atoms with Gasteiger partial charge in [-0.25, -0.2) is 4.98 Å². The predicted octanol–water partition coefficient (Wildman–Crippen LogP) is 1.71. The van der Waals surface area contributed by atoms with E-state index in [0.717, 1.165) is 19.6 Å². The fourth-order valence-corrected chi connectivity index (χ4v) is 2.56. The molecule has 2 aromatic heterocycles. The fraction of sp³-hybridized carbons (Fsp3) is 0.429.